The van der Waals surface area contributed by atoms with E-state index in [-0.39, 0.29) is 18.0 Å². The van der Waals surface area contributed by atoms with Gasteiger partial charge in [-0.3, -0.25) is 4.79 Å². The number of carbonyl (C=O) groups excluding carboxylic acids is 1. The van der Waals surface area contributed by atoms with Crippen LogP contribution in [-0.2, 0) is 4.79 Å². The van der Waals surface area contributed by atoms with Gasteiger partial charge in [-0.25, -0.2) is 0 Å². The van der Waals surface area contributed by atoms with Crippen molar-refractivity contribution >= 4 is 29.1 Å². The van der Waals surface area contributed by atoms with Crippen molar-refractivity contribution in [1.29, 1.82) is 0 Å². The molecule has 0 aromatic heterocycles. The molecule has 1 saturated carbocycles. The van der Waals surface area contributed by atoms with Gasteiger partial charge in [-0.2, -0.15) is 0 Å². The van der Waals surface area contributed by atoms with Crippen LogP contribution in [0.4, 0.5) is 0 Å². The maximum atomic E-state index is 12.5. The highest BCUT2D eigenvalue weighted by molar-refractivity contribution is 6.42. The number of halogens is 2. The van der Waals surface area contributed by atoms with Crippen molar-refractivity contribution in [3.05, 3.63) is 33.8 Å². The maximum absolute atomic E-state index is 12.5. The van der Waals surface area contributed by atoms with Gasteiger partial charge in [-0.05, 0) is 44.4 Å². The Morgan fingerprint density at radius 1 is 1.45 bits per heavy atom. The summed E-state index contributed by atoms with van der Waals surface area (Å²) in [5.41, 5.74) is 6.54. The van der Waals surface area contributed by atoms with E-state index in [1.54, 1.807) is 12.1 Å². The minimum absolute atomic E-state index is 0.0149. The molecule has 3 atom stereocenters. The van der Waals surface area contributed by atoms with Gasteiger partial charge in [0.2, 0.25) is 5.91 Å². The average Bonchev–Trinajstić information content (AvgIpc) is 2.74. The monoisotopic (exact) mass is 314 g/mol. The van der Waals surface area contributed by atoms with E-state index < -0.39 is 5.41 Å². The summed E-state index contributed by atoms with van der Waals surface area (Å²) in [5.74, 6) is 0.0149. The van der Waals surface area contributed by atoms with Crippen molar-refractivity contribution in [3.63, 3.8) is 0 Å². The summed E-state index contributed by atoms with van der Waals surface area (Å²) >= 11 is 11.9. The molecule has 1 aliphatic rings. The Labute approximate surface area is 129 Å². The lowest BCUT2D eigenvalue weighted by Crippen LogP contribution is -2.47. The van der Waals surface area contributed by atoms with E-state index in [0.717, 1.165) is 24.8 Å². The van der Waals surface area contributed by atoms with Gasteiger partial charge in [0.1, 0.15) is 0 Å². The summed E-state index contributed by atoms with van der Waals surface area (Å²) in [5, 5.41) is 4.04. The quantitative estimate of drug-likeness (QED) is 0.894. The lowest BCUT2D eigenvalue weighted by molar-refractivity contribution is -0.131. The molecule has 20 heavy (non-hydrogen) atoms. The molecule has 0 spiro atoms. The molecule has 0 radical (unpaired) electrons. The zero-order valence-electron chi connectivity index (χ0n) is 11.7. The molecule has 0 aliphatic heterocycles. The van der Waals surface area contributed by atoms with E-state index in [0.29, 0.717) is 10.0 Å². The van der Waals surface area contributed by atoms with Gasteiger partial charge in [0.25, 0.3) is 0 Å². The smallest absolute Gasteiger partial charge is 0.227 e. The largest absolute Gasteiger partial charge is 0.349 e. The predicted octanol–water partition coefficient (Wildman–Crippen LogP) is 3.69. The molecule has 3 nitrogen and oxygen atoms in total. The zero-order chi connectivity index (χ0) is 14.9. The molecule has 0 bridgehead atoms. The Morgan fingerprint density at radius 3 is 2.70 bits per heavy atom. The van der Waals surface area contributed by atoms with Crippen molar-refractivity contribution < 1.29 is 4.79 Å². The topological polar surface area (TPSA) is 55.1 Å². The molecule has 2 rings (SSSR count). The number of hydrogen-bond acceptors (Lipinski definition) is 2. The normalized spacial score (nSPS) is 27.4. The van der Waals surface area contributed by atoms with Gasteiger partial charge in [-0.15, -0.1) is 0 Å². The first-order valence-electron chi connectivity index (χ1n) is 6.86. The number of amides is 1. The molecule has 3 unspecified atom stereocenters. The third kappa shape index (κ3) is 2.95. The van der Waals surface area contributed by atoms with Gasteiger partial charge in [0, 0.05) is 6.04 Å². The minimum atomic E-state index is -0.468. The predicted molar refractivity (Wildman–Crippen MR) is 83.0 cm³/mol. The molecule has 1 aromatic carbocycles. The third-order valence-electron chi connectivity index (χ3n) is 4.34. The van der Waals surface area contributed by atoms with Crippen molar-refractivity contribution in [1.82, 2.24) is 5.32 Å². The first kappa shape index (κ1) is 15.6. The zero-order valence-corrected chi connectivity index (χ0v) is 13.3. The van der Waals surface area contributed by atoms with Crippen LogP contribution < -0.4 is 11.1 Å². The van der Waals surface area contributed by atoms with Gasteiger partial charge < -0.3 is 11.1 Å². The van der Waals surface area contributed by atoms with Gasteiger partial charge in [0.15, 0.2) is 0 Å². The van der Waals surface area contributed by atoms with Crippen molar-refractivity contribution in [2.45, 2.75) is 45.2 Å². The van der Waals surface area contributed by atoms with Crippen LogP contribution in [0.25, 0.3) is 0 Å². The lowest BCUT2D eigenvalue weighted by atomic mass is 9.84. The van der Waals surface area contributed by atoms with Gasteiger partial charge in [-0.1, -0.05) is 35.7 Å². The fraction of sp³-hybridized carbons (Fsp3) is 0.533. The van der Waals surface area contributed by atoms with Crippen LogP contribution >= 0.6 is 23.2 Å². The summed E-state index contributed by atoms with van der Waals surface area (Å²) in [6.45, 7) is 3.88. The van der Waals surface area contributed by atoms with E-state index in [1.165, 1.54) is 0 Å². The van der Waals surface area contributed by atoms with E-state index in [1.807, 2.05) is 19.9 Å². The fourth-order valence-electron chi connectivity index (χ4n) is 2.70. The molecular formula is C15H20Cl2N2O. The van der Waals surface area contributed by atoms with Crippen LogP contribution in [-0.4, -0.2) is 11.9 Å². The van der Waals surface area contributed by atoms with Crippen LogP contribution in [0, 0.1) is 5.41 Å². The molecule has 3 N–H and O–H groups in total. The Kier molecular flexibility index (Phi) is 4.62. The molecule has 1 fully saturated rings. The van der Waals surface area contributed by atoms with Crippen LogP contribution in [0.5, 0.6) is 0 Å². The summed E-state index contributed by atoms with van der Waals surface area (Å²) in [7, 11) is 0. The molecule has 1 amide bonds. The Bertz CT molecular complexity index is 521. The number of rotatable bonds is 3. The average molecular weight is 315 g/mol. The molecule has 5 heteroatoms. The highest BCUT2D eigenvalue weighted by Crippen LogP contribution is 2.37. The number of hydrogen-bond donors (Lipinski definition) is 2. The molecule has 0 saturated heterocycles. The van der Waals surface area contributed by atoms with E-state index >= 15 is 0 Å². The number of carbonyl (C=O) groups is 1. The summed E-state index contributed by atoms with van der Waals surface area (Å²) < 4.78 is 0. The minimum Gasteiger partial charge on any atom is -0.349 e. The van der Waals surface area contributed by atoms with E-state index in [4.69, 9.17) is 28.9 Å². The van der Waals surface area contributed by atoms with Gasteiger partial charge in [0.05, 0.1) is 21.5 Å². The van der Waals surface area contributed by atoms with Crippen LogP contribution in [0.2, 0.25) is 10.0 Å². The third-order valence-corrected chi connectivity index (χ3v) is 5.08. The number of benzene rings is 1. The number of nitrogens with two attached hydrogens (primary N) is 1. The summed E-state index contributed by atoms with van der Waals surface area (Å²) in [4.78, 5) is 12.5. The maximum Gasteiger partial charge on any atom is 0.227 e. The van der Waals surface area contributed by atoms with Gasteiger partial charge >= 0.3 is 0 Å². The van der Waals surface area contributed by atoms with Crippen molar-refractivity contribution in [2.75, 3.05) is 0 Å². The SMILES string of the molecule is CC(NC(=O)C1(C)CCCC1N)c1ccc(Cl)c(Cl)c1. The molecule has 0 heterocycles. The summed E-state index contributed by atoms with van der Waals surface area (Å²) in [6.07, 6.45) is 2.76. The molecule has 110 valence electrons. The van der Waals surface area contributed by atoms with Crippen LogP contribution in [0.15, 0.2) is 18.2 Å². The Hall–Kier alpha value is -0.770. The Morgan fingerprint density at radius 2 is 2.15 bits per heavy atom. The Balaban J connectivity index is 2.09. The second-order valence-electron chi connectivity index (χ2n) is 5.78. The van der Waals surface area contributed by atoms with Crippen LogP contribution in [0.3, 0.4) is 0 Å². The lowest BCUT2D eigenvalue weighted by Gasteiger charge is -2.29. The van der Waals surface area contributed by atoms with Crippen LogP contribution in [0.1, 0.15) is 44.7 Å². The highest BCUT2D eigenvalue weighted by atomic mass is 35.5. The fourth-order valence-corrected chi connectivity index (χ4v) is 3.01. The molecular weight excluding hydrogens is 295 g/mol. The van der Waals surface area contributed by atoms with E-state index in [9.17, 15) is 4.79 Å². The summed E-state index contributed by atoms with van der Waals surface area (Å²) in [6, 6.07) is 5.21. The van der Waals surface area contributed by atoms with Crippen molar-refractivity contribution in [3.8, 4) is 0 Å². The van der Waals surface area contributed by atoms with E-state index in [2.05, 4.69) is 5.32 Å². The highest BCUT2D eigenvalue weighted by Gasteiger charge is 2.43. The second-order valence-corrected chi connectivity index (χ2v) is 6.60. The number of nitrogens with one attached hydrogen (secondary N) is 1. The second kappa shape index (κ2) is 5.92. The molecule has 1 aliphatic carbocycles. The molecule has 1 aromatic rings. The van der Waals surface area contributed by atoms with Crippen molar-refractivity contribution in [2.24, 2.45) is 11.1 Å². The first-order valence-corrected chi connectivity index (χ1v) is 7.61. The standard InChI is InChI=1S/C15H20Cl2N2O/c1-9(10-5-6-11(16)12(17)8-10)19-14(20)15(2)7-3-4-13(15)18/h5-6,8-9,13H,3-4,7,18H2,1-2H3,(H,19,20). The first-order chi connectivity index (χ1) is 9.34.